The van der Waals surface area contributed by atoms with Crippen molar-refractivity contribution in [2.75, 3.05) is 5.32 Å². The zero-order chi connectivity index (χ0) is 17.1. The Labute approximate surface area is 140 Å². The second-order valence-electron chi connectivity index (χ2n) is 5.87. The molecule has 24 heavy (non-hydrogen) atoms. The second kappa shape index (κ2) is 6.71. The van der Waals surface area contributed by atoms with Gasteiger partial charge in [-0.15, -0.1) is 0 Å². The van der Waals surface area contributed by atoms with E-state index < -0.39 is 11.5 Å². The van der Waals surface area contributed by atoms with Crippen LogP contribution in [0.15, 0.2) is 63.8 Å². The zero-order valence-electron chi connectivity index (χ0n) is 13.7. The molecule has 3 rings (SSSR count). The van der Waals surface area contributed by atoms with Gasteiger partial charge in [0, 0.05) is 11.1 Å². The minimum atomic E-state index is -0.637. The fourth-order valence-electron chi connectivity index (χ4n) is 2.55. The van der Waals surface area contributed by atoms with Crippen LogP contribution in [0.3, 0.4) is 0 Å². The quantitative estimate of drug-likeness (QED) is 0.717. The van der Waals surface area contributed by atoms with E-state index in [4.69, 9.17) is 4.42 Å². The largest absolute Gasteiger partial charge is 0.422 e. The maximum atomic E-state index is 12.4. The number of amides is 1. The van der Waals surface area contributed by atoms with Gasteiger partial charge in [0.15, 0.2) is 0 Å². The Morgan fingerprint density at radius 2 is 1.83 bits per heavy atom. The highest BCUT2D eigenvalue weighted by molar-refractivity contribution is 6.05. The monoisotopic (exact) mass is 321 g/mol. The molecule has 0 aliphatic carbocycles. The molecule has 1 heterocycles. The Morgan fingerprint density at radius 3 is 2.54 bits per heavy atom. The predicted octanol–water partition coefficient (Wildman–Crippen LogP) is 4.56. The number of anilines is 1. The first-order valence-corrected chi connectivity index (χ1v) is 8.02. The lowest BCUT2D eigenvalue weighted by Crippen LogP contribution is -2.20. The van der Waals surface area contributed by atoms with Crippen molar-refractivity contribution in [3.8, 4) is 0 Å². The van der Waals surface area contributed by atoms with Crippen molar-refractivity contribution < 1.29 is 9.21 Å². The van der Waals surface area contributed by atoms with Crippen molar-refractivity contribution in [1.29, 1.82) is 0 Å². The molecule has 1 amide bonds. The number of hydrogen-bond donors (Lipinski definition) is 1. The number of nitrogens with one attached hydrogen (secondary N) is 1. The van der Waals surface area contributed by atoms with Crippen molar-refractivity contribution in [2.24, 2.45) is 0 Å². The average molecular weight is 321 g/mol. The fraction of sp³-hybridized carbons (Fsp3) is 0.200. The van der Waals surface area contributed by atoms with E-state index >= 15 is 0 Å². The molecule has 1 aromatic heterocycles. The number of fused-ring (bicyclic) bond motifs is 1. The topological polar surface area (TPSA) is 59.3 Å². The summed E-state index contributed by atoms with van der Waals surface area (Å²) in [6.45, 7) is 4.30. The lowest BCUT2D eigenvalue weighted by Gasteiger charge is -2.10. The summed E-state index contributed by atoms with van der Waals surface area (Å²) in [5, 5.41) is 3.47. The highest BCUT2D eigenvalue weighted by Crippen LogP contribution is 2.21. The van der Waals surface area contributed by atoms with Gasteiger partial charge in [0.2, 0.25) is 0 Å². The van der Waals surface area contributed by atoms with E-state index in [0.717, 1.165) is 11.8 Å². The minimum absolute atomic E-state index is 0.000275. The van der Waals surface area contributed by atoms with Crippen molar-refractivity contribution in [3.63, 3.8) is 0 Å². The molecule has 0 unspecified atom stereocenters. The van der Waals surface area contributed by atoms with Crippen LogP contribution in [0.1, 0.15) is 42.1 Å². The van der Waals surface area contributed by atoms with Crippen LogP contribution in [0.2, 0.25) is 0 Å². The number of hydrogen-bond acceptors (Lipinski definition) is 3. The Morgan fingerprint density at radius 1 is 1.12 bits per heavy atom. The molecule has 4 nitrogen and oxygen atoms in total. The third kappa shape index (κ3) is 3.23. The summed E-state index contributed by atoms with van der Waals surface area (Å²) in [5.74, 6) is 0.00748. The fourth-order valence-corrected chi connectivity index (χ4v) is 2.55. The van der Waals surface area contributed by atoms with Crippen molar-refractivity contribution in [2.45, 2.75) is 26.2 Å². The highest BCUT2D eigenvalue weighted by Gasteiger charge is 2.14. The van der Waals surface area contributed by atoms with Gasteiger partial charge < -0.3 is 9.73 Å². The van der Waals surface area contributed by atoms with Crippen molar-refractivity contribution in [3.05, 3.63) is 76.1 Å². The number of benzene rings is 2. The standard InChI is InChI=1S/C20H19NO3/c1-3-13(2)14-8-10-16(11-9-14)21-19(22)17-12-15-6-4-5-7-18(15)24-20(17)23/h4-13H,3H2,1-2H3,(H,21,22)/t13-/m0/s1. The van der Waals surface area contributed by atoms with Gasteiger partial charge in [0.25, 0.3) is 5.91 Å². The molecule has 0 aliphatic heterocycles. The van der Waals surface area contributed by atoms with E-state index in [-0.39, 0.29) is 5.56 Å². The smallest absolute Gasteiger partial charge is 0.349 e. The molecule has 0 saturated heterocycles. The van der Waals surface area contributed by atoms with Crippen LogP contribution in [-0.4, -0.2) is 5.91 Å². The van der Waals surface area contributed by atoms with Crippen LogP contribution in [-0.2, 0) is 0 Å². The molecule has 122 valence electrons. The molecule has 0 radical (unpaired) electrons. The van der Waals surface area contributed by atoms with E-state index in [1.165, 1.54) is 5.56 Å². The molecule has 2 aromatic carbocycles. The number of carbonyl (C=O) groups is 1. The Hall–Kier alpha value is -2.88. The van der Waals surface area contributed by atoms with Crippen molar-refractivity contribution in [1.82, 2.24) is 0 Å². The van der Waals surface area contributed by atoms with E-state index in [1.54, 1.807) is 24.3 Å². The van der Waals surface area contributed by atoms with Gasteiger partial charge in [-0.2, -0.15) is 0 Å². The molecule has 0 fully saturated rings. The van der Waals surface area contributed by atoms with Crippen LogP contribution in [0, 0.1) is 0 Å². The third-order valence-corrected chi connectivity index (χ3v) is 4.24. The maximum Gasteiger partial charge on any atom is 0.349 e. The van der Waals surface area contributed by atoms with Crippen LogP contribution in [0.4, 0.5) is 5.69 Å². The van der Waals surface area contributed by atoms with Crippen molar-refractivity contribution >= 4 is 22.6 Å². The second-order valence-corrected chi connectivity index (χ2v) is 5.87. The van der Waals surface area contributed by atoms with E-state index in [2.05, 4.69) is 19.2 Å². The summed E-state index contributed by atoms with van der Waals surface area (Å²) in [5.41, 5.74) is 1.71. The molecule has 0 aliphatic rings. The maximum absolute atomic E-state index is 12.4. The summed E-state index contributed by atoms with van der Waals surface area (Å²) in [6.07, 6.45) is 1.06. The normalized spacial score (nSPS) is 12.1. The van der Waals surface area contributed by atoms with E-state index in [0.29, 0.717) is 17.2 Å². The van der Waals surface area contributed by atoms with Crippen LogP contribution < -0.4 is 10.9 Å². The van der Waals surface area contributed by atoms with Gasteiger partial charge in [-0.25, -0.2) is 4.79 Å². The van der Waals surface area contributed by atoms with Gasteiger partial charge in [0.1, 0.15) is 11.1 Å². The highest BCUT2D eigenvalue weighted by atomic mass is 16.4. The molecule has 3 aromatic rings. The summed E-state index contributed by atoms with van der Waals surface area (Å²) >= 11 is 0. The Kier molecular flexibility index (Phi) is 4.47. The molecule has 1 atom stereocenters. The predicted molar refractivity (Wildman–Crippen MR) is 95.6 cm³/mol. The molecule has 0 bridgehead atoms. The number of carbonyl (C=O) groups excluding carboxylic acids is 1. The third-order valence-electron chi connectivity index (χ3n) is 4.24. The SMILES string of the molecule is CC[C@H](C)c1ccc(NC(=O)c2cc3ccccc3oc2=O)cc1. The first-order chi connectivity index (χ1) is 11.6. The van der Waals surface area contributed by atoms with Crippen LogP contribution in [0.5, 0.6) is 0 Å². The van der Waals surface area contributed by atoms with Gasteiger partial charge in [0.05, 0.1) is 0 Å². The van der Waals surface area contributed by atoms with Gasteiger partial charge in [-0.3, -0.25) is 4.79 Å². The minimum Gasteiger partial charge on any atom is -0.422 e. The molecule has 0 saturated carbocycles. The van der Waals surface area contributed by atoms with E-state index in [1.807, 2.05) is 30.3 Å². The molecular formula is C20H19NO3. The van der Waals surface area contributed by atoms with Gasteiger partial charge in [-0.1, -0.05) is 44.2 Å². The van der Waals surface area contributed by atoms with Gasteiger partial charge in [-0.05, 0) is 42.2 Å². The zero-order valence-corrected chi connectivity index (χ0v) is 13.7. The first kappa shape index (κ1) is 16.0. The Bertz CT molecular complexity index is 926. The first-order valence-electron chi connectivity index (χ1n) is 8.02. The van der Waals surface area contributed by atoms with E-state index in [9.17, 15) is 9.59 Å². The lowest BCUT2D eigenvalue weighted by atomic mass is 9.98. The van der Waals surface area contributed by atoms with Crippen LogP contribution >= 0.6 is 0 Å². The molecule has 4 heteroatoms. The summed E-state index contributed by atoms with van der Waals surface area (Å²) in [4.78, 5) is 24.4. The average Bonchev–Trinajstić information content (AvgIpc) is 2.61. The van der Waals surface area contributed by atoms with Crippen LogP contribution in [0.25, 0.3) is 11.0 Å². The summed E-state index contributed by atoms with van der Waals surface area (Å²) in [6, 6.07) is 16.4. The lowest BCUT2D eigenvalue weighted by molar-refractivity contribution is 0.102. The molecule has 0 spiro atoms. The summed E-state index contributed by atoms with van der Waals surface area (Å²) in [7, 11) is 0. The summed E-state index contributed by atoms with van der Waals surface area (Å²) < 4.78 is 5.20. The number of rotatable bonds is 4. The Balaban J connectivity index is 1.84. The molecular weight excluding hydrogens is 302 g/mol. The number of para-hydroxylation sites is 1. The van der Waals surface area contributed by atoms with Gasteiger partial charge >= 0.3 is 5.63 Å². The molecule has 1 N–H and O–H groups in total.